The summed E-state index contributed by atoms with van der Waals surface area (Å²) in [6.07, 6.45) is 4.57. The minimum atomic E-state index is -0.739. The zero-order valence-corrected chi connectivity index (χ0v) is 12.2. The molecule has 1 N–H and O–H groups in total. The maximum Gasteiger partial charge on any atom is 0.303 e. The maximum absolute atomic E-state index is 13.2. The van der Waals surface area contributed by atoms with E-state index in [1.165, 1.54) is 6.07 Å². The molecule has 4 heteroatoms. The van der Waals surface area contributed by atoms with Gasteiger partial charge >= 0.3 is 5.97 Å². The lowest BCUT2D eigenvalue weighted by molar-refractivity contribution is -0.137. The second-order valence-corrected chi connectivity index (χ2v) is 5.09. The molecule has 0 radical (unpaired) electrons. The number of carboxylic acid groups (broad SMARTS) is 1. The molecule has 0 aliphatic carbocycles. The summed E-state index contributed by atoms with van der Waals surface area (Å²) >= 11 is 3.09. The van der Waals surface area contributed by atoms with Gasteiger partial charge in [0.1, 0.15) is 5.82 Å². The number of hydrogen-bond donors (Lipinski definition) is 1. The van der Waals surface area contributed by atoms with Crippen LogP contribution in [0.1, 0.15) is 44.1 Å². The average molecular weight is 327 g/mol. The van der Waals surface area contributed by atoms with Crippen LogP contribution < -0.4 is 0 Å². The smallest absolute Gasteiger partial charge is 0.303 e. The topological polar surface area (TPSA) is 37.3 Å². The molecule has 0 saturated carbocycles. The molecule has 0 saturated heterocycles. The highest BCUT2D eigenvalue weighted by molar-refractivity contribution is 9.10. The number of aliphatic carboxylic acids is 1. The van der Waals surface area contributed by atoms with Crippen LogP contribution in [0.2, 0.25) is 0 Å². The van der Waals surface area contributed by atoms with Gasteiger partial charge in [-0.25, -0.2) is 4.39 Å². The van der Waals surface area contributed by atoms with Crippen molar-refractivity contribution in [3.63, 3.8) is 0 Å². The number of hydrogen-bond acceptors (Lipinski definition) is 1. The number of unbranched alkanes of at least 4 members (excludes halogenated alkanes) is 4. The van der Waals surface area contributed by atoms with Gasteiger partial charge in [0.05, 0.1) is 4.47 Å². The predicted molar refractivity (Wildman–Crippen MR) is 76.3 cm³/mol. The number of carbonyl (C=O) groups is 1. The zero-order valence-electron chi connectivity index (χ0n) is 10.6. The third-order valence-electron chi connectivity index (χ3n) is 2.59. The van der Waals surface area contributed by atoms with Gasteiger partial charge in [0, 0.05) is 18.4 Å². The molecule has 2 nitrogen and oxygen atoms in total. The SMILES string of the molecule is O=C(O)CCCCCCC#Cc1ccc(Br)c(F)c1. The summed E-state index contributed by atoms with van der Waals surface area (Å²) in [7, 11) is 0. The fraction of sp³-hybridized carbons (Fsp3) is 0.400. The minimum absolute atomic E-state index is 0.240. The number of rotatable bonds is 6. The van der Waals surface area contributed by atoms with E-state index >= 15 is 0 Å². The molecule has 19 heavy (non-hydrogen) atoms. The number of carboxylic acids is 1. The molecule has 0 spiro atoms. The van der Waals surface area contributed by atoms with Crippen LogP contribution in [-0.2, 0) is 4.79 Å². The van der Waals surface area contributed by atoms with Crippen LogP contribution >= 0.6 is 15.9 Å². The van der Waals surface area contributed by atoms with Crippen molar-refractivity contribution < 1.29 is 14.3 Å². The summed E-state index contributed by atoms with van der Waals surface area (Å²) in [5.74, 6) is 4.87. The van der Waals surface area contributed by atoms with Crippen molar-refractivity contribution in [2.24, 2.45) is 0 Å². The largest absolute Gasteiger partial charge is 0.481 e. The van der Waals surface area contributed by atoms with E-state index in [1.54, 1.807) is 12.1 Å². The van der Waals surface area contributed by atoms with Crippen molar-refractivity contribution in [3.8, 4) is 11.8 Å². The summed E-state index contributed by atoms with van der Waals surface area (Å²) in [5, 5.41) is 8.47. The zero-order chi connectivity index (χ0) is 14.1. The van der Waals surface area contributed by atoms with Crippen molar-refractivity contribution in [2.75, 3.05) is 0 Å². The molecule has 1 aromatic rings. The first kappa shape index (κ1) is 15.7. The molecule has 1 aromatic carbocycles. The van der Waals surface area contributed by atoms with E-state index < -0.39 is 5.97 Å². The summed E-state index contributed by atoms with van der Waals surface area (Å²) in [4.78, 5) is 10.3. The Morgan fingerprint density at radius 3 is 2.68 bits per heavy atom. The van der Waals surface area contributed by atoms with Gasteiger partial charge in [-0.15, -0.1) is 0 Å². The van der Waals surface area contributed by atoms with Crippen LogP contribution in [0.15, 0.2) is 22.7 Å². The van der Waals surface area contributed by atoms with Crippen molar-refractivity contribution in [1.29, 1.82) is 0 Å². The van der Waals surface area contributed by atoms with Gasteiger partial charge in [0.25, 0.3) is 0 Å². The fourth-order valence-corrected chi connectivity index (χ4v) is 1.83. The normalized spacial score (nSPS) is 9.79. The molecule has 0 amide bonds. The highest BCUT2D eigenvalue weighted by atomic mass is 79.9. The Morgan fingerprint density at radius 2 is 2.00 bits per heavy atom. The van der Waals surface area contributed by atoms with E-state index in [0.29, 0.717) is 10.0 Å². The lowest BCUT2D eigenvalue weighted by Crippen LogP contribution is -1.93. The molecule has 0 atom stereocenters. The summed E-state index contributed by atoms with van der Waals surface area (Å²) in [6, 6.07) is 4.82. The Balaban J connectivity index is 2.20. The van der Waals surface area contributed by atoms with Crippen LogP contribution in [0.4, 0.5) is 4.39 Å². The minimum Gasteiger partial charge on any atom is -0.481 e. The van der Waals surface area contributed by atoms with E-state index in [-0.39, 0.29) is 12.2 Å². The molecule has 0 aromatic heterocycles. The summed E-state index contributed by atoms with van der Waals surface area (Å²) in [5.41, 5.74) is 0.673. The van der Waals surface area contributed by atoms with Gasteiger partial charge in [-0.1, -0.05) is 24.7 Å². The first-order chi connectivity index (χ1) is 9.09. The summed E-state index contributed by atoms with van der Waals surface area (Å²) < 4.78 is 13.6. The Kier molecular flexibility index (Phi) is 7.20. The van der Waals surface area contributed by atoms with E-state index in [1.807, 2.05) is 0 Å². The molecular formula is C15H16BrFO2. The highest BCUT2D eigenvalue weighted by Gasteiger charge is 1.98. The molecular weight excluding hydrogens is 311 g/mol. The fourth-order valence-electron chi connectivity index (χ4n) is 1.58. The lowest BCUT2D eigenvalue weighted by atomic mass is 10.1. The predicted octanol–water partition coefficient (Wildman–Crippen LogP) is 4.36. The van der Waals surface area contributed by atoms with Crippen LogP contribution in [0, 0.1) is 17.7 Å². The van der Waals surface area contributed by atoms with Gasteiger partial charge in [-0.05, 0) is 47.0 Å². The Hall–Kier alpha value is -1.34. The quantitative estimate of drug-likeness (QED) is 0.622. The lowest BCUT2D eigenvalue weighted by Gasteiger charge is -1.96. The average Bonchev–Trinajstić information content (AvgIpc) is 2.36. The van der Waals surface area contributed by atoms with E-state index in [0.717, 1.165) is 32.1 Å². The number of halogens is 2. The van der Waals surface area contributed by atoms with Crippen molar-refractivity contribution in [2.45, 2.75) is 38.5 Å². The van der Waals surface area contributed by atoms with Gasteiger partial charge in [-0.2, -0.15) is 0 Å². The number of benzene rings is 1. The van der Waals surface area contributed by atoms with Crippen LogP contribution in [0.3, 0.4) is 0 Å². The second kappa shape index (κ2) is 8.71. The van der Waals surface area contributed by atoms with Gasteiger partial charge in [0.15, 0.2) is 0 Å². The Morgan fingerprint density at radius 1 is 1.26 bits per heavy atom. The Bertz CT molecular complexity index is 489. The highest BCUT2D eigenvalue weighted by Crippen LogP contribution is 2.15. The molecule has 0 heterocycles. The van der Waals surface area contributed by atoms with Crippen molar-refractivity contribution in [3.05, 3.63) is 34.1 Å². The first-order valence-electron chi connectivity index (χ1n) is 6.25. The summed E-state index contributed by atoms with van der Waals surface area (Å²) in [6.45, 7) is 0. The third kappa shape index (κ3) is 6.97. The van der Waals surface area contributed by atoms with Gasteiger partial charge < -0.3 is 5.11 Å². The van der Waals surface area contributed by atoms with Crippen LogP contribution in [0.25, 0.3) is 0 Å². The molecule has 0 unspecified atom stereocenters. The Labute approximate surface area is 121 Å². The molecule has 0 fully saturated rings. The maximum atomic E-state index is 13.2. The van der Waals surface area contributed by atoms with Crippen molar-refractivity contribution in [1.82, 2.24) is 0 Å². The van der Waals surface area contributed by atoms with Crippen molar-refractivity contribution >= 4 is 21.9 Å². The third-order valence-corrected chi connectivity index (χ3v) is 3.24. The molecule has 1 rings (SSSR count). The van der Waals surface area contributed by atoms with E-state index in [2.05, 4.69) is 27.8 Å². The first-order valence-corrected chi connectivity index (χ1v) is 7.04. The monoisotopic (exact) mass is 326 g/mol. The van der Waals surface area contributed by atoms with E-state index in [4.69, 9.17) is 5.11 Å². The molecule has 0 aliphatic rings. The standard InChI is InChI=1S/C15H16BrFO2/c16-13-10-9-12(11-14(13)17)7-5-3-1-2-4-6-8-15(18)19/h9-11H,1-4,6,8H2,(H,18,19). The molecule has 102 valence electrons. The van der Waals surface area contributed by atoms with Gasteiger partial charge in [0.2, 0.25) is 0 Å². The van der Waals surface area contributed by atoms with Crippen LogP contribution in [0.5, 0.6) is 0 Å². The van der Waals surface area contributed by atoms with Crippen LogP contribution in [-0.4, -0.2) is 11.1 Å². The van der Waals surface area contributed by atoms with E-state index in [9.17, 15) is 9.18 Å². The second-order valence-electron chi connectivity index (χ2n) is 4.24. The van der Waals surface area contributed by atoms with Gasteiger partial charge in [-0.3, -0.25) is 4.79 Å². The molecule has 0 aliphatic heterocycles. The molecule has 0 bridgehead atoms.